The predicted molar refractivity (Wildman–Crippen MR) is 81.5 cm³/mol. The summed E-state index contributed by atoms with van der Waals surface area (Å²) in [5, 5.41) is 3.16. The summed E-state index contributed by atoms with van der Waals surface area (Å²) in [4.78, 5) is 15.4. The lowest BCUT2D eigenvalue weighted by molar-refractivity contribution is 0.0364. The molecule has 2 aromatic heterocycles. The average Bonchev–Trinajstić information content (AvgIpc) is 2.55. The molecule has 6 nitrogen and oxygen atoms in total. The lowest BCUT2D eigenvalue weighted by Crippen LogP contribution is -2.39. The van der Waals surface area contributed by atoms with Crippen LogP contribution >= 0.6 is 0 Å². The third-order valence-corrected chi connectivity index (χ3v) is 3.49. The molecule has 0 bridgehead atoms. The van der Waals surface area contributed by atoms with E-state index in [1.165, 1.54) is 0 Å². The zero-order chi connectivity index (χ0) is 14.7. The Balaban J connectivity index is 1.81. The van der Waals surface area contributed by atoms with Gasteiger partial charge in [-0.2, -0.15) is 0 Å². The van der Waals surface area contributed by atoms with Gasteiger partial charge in [0.05, 0.1) is 18.8 Å². The molecule has 1 aliphatic heterocycles. The molecule has 1 aliphatic rings. The van der Waals surface area contributed by atoms with Crippen molar-refractivity contribution >= 4 is 11.6 Å². The van der Waals surface area contributed by atoms with Crippen LogP contribution < -0.4 is 10.2 Å². The van der Waals surface area contributed by atoms with Crippen molar-refractivity contribution in [2.24, 2.45) is 0 Å². The van der Waals surface area contributed by atoms with Crippen LogP contribution in [0.15, 0.2) is 30.6 Å². The highest BCUT2D eigenvalue weighted by Crippen LogP contribution is 2.25. The number of rotatable bonds is 3. The monoisotopic (exact) mass is 285 g/mol. The molecular formula is C15H19N5O. The van der Waals surface area contributed by atoms with E-state index >= 15 is 0 Å². The van der Waals surface area contributed by atoms with E-state index in [2.05, 4.69) is 25.2 Å². The standard InChI is InChI=1S/C15H19N5O/c1-11-8-12(16-2)9-13(19-11)14-10-20(6-7-21-14)15-17-4-3-5-18-15/h3-5,8-9,14H,6-7,10H2,1-2H3,(H,16,19). The first-order chi connectivity index (χ1) is 10.3. The van der Waals surface area contributed by atoms with Crippen molar-refractivity contribution < 1.29 is 4.74 Å². The molecule has 0 radical (unpaired) electrons. The molecule has 0 aromatic carbocycles. The molecule has 2 aromatic rings. The van der Waals surface area contributed by atoms with Gasteiger partial charge in [-0.25, -0.2) is 9.97 Å². The zero-order valence-electron chi connectivity index (χ0n) is 12.3. The molecule has 110 valence electrons. The molecule has 1 atom stereocenters. The van der Waals surface area contributed by atoms with Crippen LogP contribution in [0.4, 0.5) is 11.6 Å². The Labute approximate surface area is 124 Å². The molecule has 3 heterocycles. The minimum atomic E-state index is -0.0606. The summed E-state index contributed by atoms with van der Waals surface area (Å²) in [5.74, 6) is 0.743. The minimum Gasteiger partial charge on any atom is -0.388 e. The number of hydrogen-bond donors (Lipinski definition) is 1. The third-order valence-electron chi connectivity index (χ3n) is 3.49. The van der Waals surface area contributed by atoms with Crippen molar-refractivity contribution in [1.82, 2.24) is 15.0 Å². The summed E-state index contributed by atoms with van der Waals surface area (Å²) in [7, 11) is 1.91. The Bertz CT molecular complexity index is 604. The first-order valence-corrected chi connectivity index (χ1v) is 7.06. The van der Waals surface area contributed by atoms with Gasteiger partial charge in [-0.1, -0.05) is 0 Å². The van der Waals surface area contributed by atoms with Crippen LogP contribution in [0.3, 0.4) is 0 Å². The number of aryl methyl sites for hydroxylation is 1. The molecule has 0 amide bonds. The highest BCUT2D eigenvalue weighted by atomic mass is 16.5. The predicted octanol–water partition coefficient (Wildman–Crippen LogP) is 1.80. The van der Waals surface area contributed by atoms with Crippen molar-refractivity contribution in [2.75, 3.05) is 37.0 Å². The fourth-order valence-electron chi connectivity index (χ4n) is 2.47. The van der Waals surface area contributed by atoms with Gasteiger partial charge in [0.25, 0.3) is 0 Å². The summed E-state index contributed by atoms with van der Waals surface area (Å²) in [5.41, 5.74) is 2.97. The smallest absolute Gasteiger partial charge is 0.225 e. The highest BCUT2D eigenvalue weighted by molar-refractivity contribution is 5.45. The van der Waals surface area contributed by atoms with Crippen LogP contribution in [0.25, 0.3) is 0 Å². The van der Waals surface area contributed by atoms with Crippen LogP contribution in [-0.4, -0.2) is 41.7 Å². The van der Waals surface area contributed by atoms with Crippen LogP contribution in [0.5, 0.6) is 0 Å². The fraction of sp³-hybridized carbons (Fsp3) is 0.400. The number of ether oxygens (including phenoxy) is 1. The second-order valence-electron chi connectivity index (χ2n) is 5.03. The van der Waals surface area contributed by atoms with Gasteiger partial charge in [-0.05, 0) is 25.1 Å². The van der Waals surface area contributed by atoms with Crippen LogP contribution in [0.2, 0.25) is 0 Å². The number of morpholine rings is 1. The Kier molecular flexibility index (Phi) is 3.96. The van der Waals surface area contributed by atoms with E-state index in [0.717, 1.165) is 29.6 Å². The maximum absolute atomic E-state index is 5.88. The largest absolute Gasteiger partial charge is 0.388 e. The maximum atomic E-state index is 5.88. The van der Waals surface area contributed by atoms with Gasteiger partial charge in [0.2, 0.25) is 5.95 Å². The van der Waals surface area contributed by atoms with E-state index in [1.54, 1.807) is 12.4 Å². The van der Waals surface area contributed by atoms with E-state index in [9.17, 15) is 0 Å². The van der Waals surface area contributed by atoms with E-state index < -0.39 is 0 Å². The lowest BCUT2D eigenvalue weighted by Gasteiger charge is -2.32. The molecule has 0 spiro atoms. The first kappa shape index (κ1) is 13.8. The summed E-state index contributed by atoms with van der Waals surface area (Å²) < 4.78 is 5.88. The van der Waals surface area contributed by atoms with Gasteiger partial charge in [-0.15, -0.1) is 0 Å². The number of nitrogens with one attached hydrogen (secondary N) is 1. The van der Waals surface area contributed by atoms with Gasteiger partial charge in [-0.3, -0.25) is 4.98 Å². The van der Waals surface area contributed by atoms with Crippen molar-refractivity contribution in [3.8, 4) is 0 Å². The molecule has 1 N–H and O–H groups in total. The van der Waals surface area contributed by atoms with Crippen molar-refractivity contribution in [3.63, 3.8) is 0 Å². The van der Waals surface area contributed by atoms with Crippen LogP contribution in [0.1, 0.15) is 17.5 Å². The van der Waals surface area contributed by atoms with E-state index in [4.69, 9.17) is 4.74 Å². The third kappa shape index (κ3) is 3.11. The van der Waals surface area contributed by atoms with Crippen molar-refractivity contribution in [2.45, 2.75) is 13.0 Å². The van der Waals surface area contributed by atoms with Gasteiger partial charge in [0.15, 0.2) is 0 Å². The Morgan fingerprint density at radius 2 is 2.10 bits per heavy atom. The Hall–Kier alpha value is -2.21. The molecular weight excluding hydrogens is 266 g/mol. The second-order valence-corrected chi connectivity index (χ2v) is 5.03. The zero-order valence-corrected chi connectivity index (χ0v) is 12.3. The summed E-state index contributed by atoms with van der Waals surface area (Å²) in [6.45, 7) is 4.15. The molecule has 1 saturated heterocycles. The van der Waals surface area contributed by atoms with E-state index in [0.29, 0.717) is 13.2 Å². The SMILES string of the molecule is CNc1cc(C)nc(C2CN(c3ncccn3)CCO2)c1. The van der Waals surface area contributed by atoms with Crippen LogP contribution in [-0.2, 0) is 4.74 Å². The number of anilines is 2. The molecule has 21 heavy (non-hydrogen) atoms. The fourth-order valence-corrected chi connectivity index (χ4v) is 2.47. The number of hydrogen-bond acceptors (Lipinski definition) is 6. The Morgan fingerprint density at radius 1 is 1.29 bits per heavy atom. The molecule has 0 saturated carbocycles. The average molecular weight is 285 g/mol. The first-order valence-electron chi connectivity index (χ1n) is 7.06. The Morgan fingerprint density at radius 3 is 2.86 bits per heavy atom. The van der Waals surface area contributed by atoms with Gasteiger partial charge >= 0.3 is 0 Å². The molecule has 1 unspecified atom stereocenters. The minimum absolute atomic E-state index is 0.0606. The van der Waals surface area contributed by atoms with Crippen LogP contribution in [0, 0.1) is 6.92 Å². The number of nitrogens with zero attached hydrogens (tertiary/aromatic N) is 4. The normalized spacial score (nSPS) is 18.6. The van der Waals surface area contributed by atoms with E-state index in [1.807, 2.05) is 32.2 Å². The maximum Gasteiger partial charge on any atom is 0.225 e. The number of aromatic nitrogens is 3. The second kappa shape index (κ2) is 6.05. The van der Waals surface area contributed by atoms with Crippen molar-refractivity contribution in [1.29, 1.82) is 0 Å². The van der Waals surface area contributed by atoms with E-state index in [-0.39, 0.29) is 6.10 Å². The molecule has 3 rings (SSSR count). The molecule has 0 aliphatic carbocycles. The van der Waals surface area contributed by atoms with Crippen molar-refractivity contribution in [3.05, 3.63) is 42.0 Å². The van der Waals surface area contributed by atoms with Gasteiger partial charge in [0.1, 0.15) is 6.10 Å². The highest BCUT2D eigenvalue weighted by Gasteiger charge is 2.25. The molecule has 6 heteroatoms. The molecule has 1 fully saturated rings. The summed E-state index contributed by atoms with van der Waals surface area (Å²) >= 11 is 0. The van der Waals surface area contributed by atoms with Gasteiger partial charge in [0, 0.05) is 37.4 Å². The summed E-state index contributed by atoms with van der Waals surface area (Å²) in [6, 6.07) is 5.88. The van der Waals surface area contributed by atoms with Gasteiger partial charge < -0.3 is 15.0 Å². The quantitative estimate of drug-likeness (QED) is 0.928. The lowest BCUT2D eigenvalue weighted by atomic mass is 10.1. The topological polar surface area (TPSA) is 63.2 Å². The number of pyridine rings is 1. The summed E-state index contributed by atoms with van der Waals surface area (Å²) in [6.07, 6.45) is 3.46.